The number of para-hydroxylation sites is 1. The Morgan fingerprint density at radius 2 is 2.00 bits per heavy atom. The van der Waals surface area contributed by atoms with E-state index in [0.717, 1.165) is 6.54 Å². The van der Waals surface area contributed by atoms with Gasteiger partial charge in [-0.15, -0.1) is 0 Å². The standard InChI is InChI=1S/C17H26N2O2/c1-13(2)17(3,4)12-19-10-15(20)11-21-16-8-6-5-7-14(16)9-18/h5-8,13,15,19-20H,10-12H2,1-4H3. The second-order valence-corrected chi connectivity index (χ2v) is 6.35. The van der Waals surface area contributed by atoms with E-state index in [9.17, 15) is 5.11 Å². The number of hydrogen-bond acceptors (Lipinski definition) is 4. The first-order valence-corrected chi connectivity index (χ1v) is 7.37. The summed E-state index contributed by atoms with van der Waals surface area (Å²) in [7, 11) is 0. The lowest BCUT2D eigenvalue weighted by molar-refractivity contribution is 0.101. The molecule has 0 aliphatic carbocycles. The van der Waals surface area contributed by atoms with Gasteiger partial charge in [-0.05, 0) is 23.5 Å². The lowest BCUT2D eigenvalue weighted by Gasteiger charge is -2.30. The minimum Gasteiger partial charge on any atom is -0.489 e. The first-order valence-electron chi connectivity index (χ1n) is 7.37. The van der Waals surface area contributed by atoms with Crippen LogP contribution in [-0.2, 0) is 0 Å². The van der Waals surface area contributed by atoms with Gasteiger partial charge in [0.25, 0.3) is 0 Å². The average molecular weight is 290 g/mol. The highest BCUT2D eigenvalue weighted by atomic mass is 16.5. The van der Waals surface area contributed by atoms with Gasteiger partial charge >= 0.3 is 0 Å². The molecule has 1 rings (SSSR count). The maximum absolute atomic E-state index is 9.94. The first kappa shape index (κ1) is 17.5. The van der Waals surface area contributed by atoms with Crippen LogP contribution in [0.5, 0.6) is 5.75 Å². The summed E-state index contributed by atoms with van der Waals surface area (Å²) in [6.45, 7) is 10.3. The Labute approximate surface area is 127 Å². The van der Waals surface area contributed by atoms with Gasteiger partial charge in [0.2, 0.25) is 0 Å². The number of rotatable bonds is 8. The number of nitriles is 1. The maximum atomic E-state index is 9.94. The van der Waals surface area contributed by atoms with Crippen LogP contribution in [-0.4, -0.2) is 30.9 Å². The van der Waals surface area contributed by atoms with Gasteiger partial charge in [0.05, 0.1) is 5.56 Å². The molecule has 0 saturated heterocycles. The van der Waals surface area contributed by atoms with E-state index in [0.29, 0.717) is 23.8 Å². The number of nitrogens with one attached hydrogen (secondary N) is 1. The molecule has 0 heterocycles. The maximum Gasteiger partial charge on any atom is 0.137 e. The van der Waals surface area contributed by atoms with E-state index in [1.165, 1.54) is 0 Å². The van der Waals surface area contributed by atoms with E-state index in [2.05, 4.69) is 39.1 Å². The van der Waals surface area contributed by atoms with Crippen molar-refractivity contribution in [2.24, 2.45) is 11.3 Å². The van der Waals surface area contributed by atoms with Crippen LogP contribution in [0, 0.1) is 22.7 Å². The molecule has 0 amide bonds. The molecule has 1 aromatic carbocycles. The van der Waals surface area contributed by atoms with Gasteiger partial charge < -0.3 is 15.2 Å². The molecule has 21 heavy (non-hydrogen) atoms. The molecular weight excluding hydrogens is 264 g/mol. The van der Waals surface area contributed by atoms with Crippen LogP contribution in [0.15, 0.2) is 24.3 Å². The third kappa shape index (κ3) is 5.74. The molecule has 116 valence electrons. The van der Waals surface area contributed by atoms with Crippen LogP contribution in [0.2, 0.25) is 0 Å². The number of aliphatic hydroxyl groups is 1. The Kier molecular flexibility index (Phi) is 6.67. The van der Waals surface area contributed by atoms with Gasteiger partial charge in [-0.3, -0.25) is 0 Å². The topological polar surface area (TPSA) is 65.3 Å². The van der Waals surface area contributed by atoms with Gasteiger partial charge in [-0.25, -0.2) is 0 Å². The van der Waals surface area contributed by atoms with E-state index >= 15 is 0 Å². The second-order valence-electron chi connectivity index (χ2n) is 6.35. The normalized spacial score (nSPS) is 13.0. The minimum atomic E-state index is -0.597. The molecule has 2 N–H and O–H groups in total. The quantitative estimate of drug-likeness (QED) is 0.772. The molecule has 0 aromatic heterocycles. The monoisotopic (exact) mass is 290 g/mol. The van der Waals surface area contributed by atoms with E-state index in [4.69, 9.17) is 10.00 Å². The number of aliphatic hydroxyl groups excluding tert-OH is 1. The highest BCUT2D eigenvalue weighted by Crippen LogP contribution is 2.24. The summed E-state index contributed by atoms with van der Waals surface area (Å²) in [5, 5.41) is 22.2. The molecule has 0 radical (unpaired) electrons. The van der Waals surface area contributed by atoms with Crippen molar-refractivity contribution in [3.63, 3.8) is 0 Å². The van der Waals surface area contributed by atoms with Crippen molar-refractivity contribution in [2.75, 3.05) is 19.7 Å². The van der Waals surface area contributed by atoms with Crippen molar-refractivity contribution < 1.29 is 9.84 Å². The lowest BCUT2D eigenvalue weighted by atomic mass is 9.81. The van der Waals surface area contributed by atoms with E-state index in [1.807, 2.05) is 6.07 Å². The number of ether oxygens (including phenoxy) is 1. The van der Waals surface area contributed by atoms with Gasteiger partial charge in [0.1, 0.15) is 24.5 Å². The Bertz CT molecular complexity index is 478. The van der Waals surface area contributed by atoms with Crippen LogP contribution in [0.1, 0.15) is 33.3 Å². The highest BCUT2D eigenvalue weighted by molar-refractivity contribution is 5.42. The van der Waals surface area contributed by atoms with Crippen LogP contribution < -0.4 is 10.1 Å². The van der Waals surface area contributed by atoms with Crippen molar-refractivity contribution in [1.29, 1.82) is 5.26 Å². The molecule has 4 heteroatoms. The zero-order chi connectivity index (χ0) is 15.9. The average Bonchev–Trinajstić information content (AvgIpc) is 2.45. The second kappa shape index (κ2) is 8.02. The molecule has 0 fully saturated rings. The lowest BCUT2D eigenvalue weighted by Crippen LogP contribution is -2.39. The van der Waals surface area contributed by atoms with E-state index in [1.54, 1.807) is 18.2 Å². The predicted octanol–water partition coefficient (Wildman–Crippen LogP) is 2.57. The number of hydrogen-bond donors (Lipinski definition) is 2. The molecule has 0 saturated carbocycles. The number of nitrogens with zero attached hydrogens (tertiary/aromatic N) is 1. The summed E-state index contributed by atoms with van der Waals surface area (Å²) >= 11 is 0. The fourth-order valence-corrected chi connectivity index (χ4v) is 1.69. The van der Waals surface area contributed by atoms with Gasteiger partial charge in [0, 0.05) is 13.1 Å². The van der Waals surface area contributed by atoms with Crippen LogP contribution in [0.4, 0.5) is 0 Å². The fraction of sp³-hybridized carbons (Fsp3) is 0.588. The zero-order valence-corrected chi connectivity index (χ0v) is 13.4. The Morgan fingerprint density at radius 1 is 1.33 bits per heavy atom. The Morgan fingerprint density at radius 3 is 2.62 bits per heavy atom. The first-order chi connectivity index (χ1) is 9.86. The third-order valence-electron chi connectivity index (χ3n) is 3.96. The van der Waals surface area contributed by atoms with Crippen molar-refractivity contribution in [3.8, 4) is 11.8 Å². The molecular formula is C17H26N2O2. The van der Waals surface area contributed by atoms with Gasteiger partial charge in [0.15, 0.2) is 0 Å². The summed E-state index contributed by atoms with van der Waals surface area (Å²) in [6, 6.07) is 9.11. The molecule has 0 spiro atoms. The van der Waals surface area contributed by atoms with Gasteiger partial charge in [-0.2, -0.15) is 5.26 Å². The minimum absolute atomic E-state index is 0.174. The fourth-order valence-electron chi connectivity index (χ4n) is 1.69. The Hall–Kier alpha value is -1.57. The van der Waals surface area contributed by atoms with Crippen molar-refractivity contribution >= 4 is 0 Å². The molecule has 0 aliphatic rings. The predicted molar refractivity (Wildman–Crippen MR) is 84.1 cm³/mol. The third-order valence-corrected chi connectivity index (χ3v) is 3.96. The summed E-state index contributed by atoms with van der Waals surface area (Å²) in [5.74, 6) is 1.09. The SMILES string of the molecule is CC(C)C(C)(C)CNCC(O)COc1ccccc1C#N. The smallest absolute Gasteiger partial charge is 0.137 e. The molecule has 1 atom stereocenters. The van der Waals surface area contributed by atoms with E-state index in [-0.39, 0.29) is 12.0 Å². The van der Waals surface area contributed by atoms with Crippen LogP contribution in [0.3, 0.4) is 0 Å². The molecule has 0 bridgehead atoms. The molecule has 1 aromatic rings. The summed E-state index contributed by atoms with van der Waals surface area (Å²) in [4.78, 5) is 0. The summed E-state index contributed by atoms with van der Waals surface area (Å²) in [5.41, 5.74) is 0.673. The van der Waals surface area contributed by atoms with E-state index < -0.39 is 6.10 Å². The summed E-state index contributed by atoms with van der Waals surface area (Å²) < 4.78 is 5.51. The van der Waals surface area contributed by atoms with Gasteiger partial charge in [-0.1, -0.05) is 39.8 Å². The highest BCUT2D eigenvalue weighted by Gasteiger charge is 2.22. The van der Waals surface area contributed by atoms with Crippen LogP contribution in [0.25, 0.3) is 0 Å². The van der Waals surface area contributed by atoms with Crippen molar-refractivity contribution in [3.05, 3.63) is 29.8 Å². The molecule has 1 unspecified atom stereocenters. The van der Waals surface area contributed by atoms with Crippen molar-refractivity contribution in [1.82, 2.24) is 5.32 Å². The largest absolute Gasteiger partial charge is 0.489 e. The molecule has 4 nitrogen and oxygen atoms in total. The van der Waals surface area contributed by atoms with Crippen LogP contribution >= 0.6 is 0 Å². The molecule has 0 aliphatic heterocycles. The summed E-state index contributed by atoms with van der Waals surface area (Å²) in [6.07, 6.45) is -0.597. The Balaban J connectivity index is 2.35. The van der Waals surface area contributed by atoms with Crippen molar-refractivity contribution in [2.45, 2.75) is 33.8 Å². The zero-order valence-electron chi connectivity index (χ0n) is 13.4. The number of benzene rings is 1.